The molecule has 3 rings (SSSR count). The molecule has 0 bridgehead atoms. The van der Waals surface area contributed by atoms with E-state index in [2.05, 4.69) is 19.2 Å². The van der Waals surface area contributed by atoms with Gasteiger partial charge in [-0.1, -0.05) is 19.9 Å². The van der Waals surface area contributed by atoms with E-state index in [0.717, 1.165) is 17.7 Å². The molecule has 1 aromatic carbocycles. The molecule has 1 N–H and O–H groups in total. The summed E-state index contributed by atoms with van der Waals surface area (Å²) in [5, 5.41) is 3.30. The number of methoxy groups -OCH3 is 3. The minimum atomic E-state index is -0.548. The van der Waals surface area contributed by atoms with Gasteiger partial charge in [-0.25, -0.2) is 4.79 Å². The van der Waals surface area contributed by atoms with Gasteiger partial charge in [-0.3, -0.25) is 4.79 Å². The zero-order chi connectivity index (χ0) is 20.6. The molecule has 0 saturated heterocycles. The van der Waals surface area contributed by atoms with Crippen LogP contribution in [-0.2, 0) is 14.3 Å². The van der Waals surface area contributed by atoms with E-state index in [1.165, 1.54) is 7.11 Å². The predicted octanol–water partition coefficient (Wildman–Crippen LogP) is 3.48. The normalized spacial score (nSPS) is 21.1. The van der Waals surface area contributed by atoms with Crippen molar-refractivity contribution in [3.63, 3.8) is 0 Å². The summed E-state index contributed by atoms with van der Waals surface area (Å²) in [4.78, 5) is 25.8. The number of esters is 1. The molecule has 0 fully saturated rings. The largest absolute Gasteiger partial charge is 0.497 e. The lowest BCUT2D eigenvalue weighted by atomic mass is 9.68. The van der Waals surface area contributed by atoms with Gasteiger partial charge in [0.1, 0.15) is 11.5 Å². The van der Waals surface area contributed by atoms with Crippen LogP contribution in [0.15, 0.2) is 40.7 Å². The van der Waals surface area contributed by atoms with Gasteiger partial charge in [-0.05, 0) is 24.8 Å². The van der Waals surface area contributed by atoms with Crippen LogP contribution in [0.3, 0.4) is 0 Å². The maximum atomic E-state index is 13.2. The Balaban J connectivity index is 2.25. The molecule has 1 aliphatic carbocycles. The number of carbonyl (C=O) groups is 2. The van der Waals surface area contributed by atoms with Crippen molar-refractivity contribution in [3.8, 4) is 11.5 Å². The van der Waals surface area contributed by atoms with E-state index in [1.807, 2.05) is 19.1 Å². The molecular formula is C22H27NO5. The highest BCUT2D eigenvalue weighted by molar-refractivity contribution is 6.04. The molecule has 2 aliphatic rings. The van der Waals surface area contributed by atoms with Gasteiger partial charge in [0.15, 0.2) is 5.78 Å². The predicted molar refractivity (Wildman–Crippen MR) is 105 cm³/mol. The van der Waals surface area contributed by atoms with Crippen molar-refractivity contribution >= 4 is 11.8 Å². The number of rotatable bonds is 4. The summed E-state index contributed by atoms with van der Waals surface area (Å²) in [7, 11) is 4.49. The molecule has 6 nitrogen and oxygen atoms in total. The molecule has 0 radical (unpaired) electrons. The summed E-state index contributed by atoms with van der Waals surface area (Å²) in [5.41, 5.74) is 3.21. The molecule has 0 aromatic heterocycles. The molecule has 1 aromatic rings. The van der Waals surface area contributed by atoms with Crippen molar-refractivity contribution < 1.29 is 23.8 Å². The number of ether oxygens (including phenoxy) is 3. The smallest absolute Gasteiger partial charge is 0.336 e. The summed E-state index contributed by atoms with van der Waals surface area (Å²) < 4.78 is 15.9. The van der Waals surface area contributed by atoms with Gasteiger partial charge in [-0.2, -0.15) is 0 Å². The van der Waals surface area contributed by atoms with Crippen LogP contribution in [0.2, 0.25) is 0 Å². The van der Waals surface area contributed by atoms with E-state index < -0.39 is 11.9 Å². The summed E-state index contributed by atoms with van der Waals surface area (Å²) in [6, 6.07) is 5.42. The molecule has 1 heterocycles. The zero-order valence-electron chi connectivity index (χ0n) is 17.3. The van der Waals surface area contributed by atoms with E-state index in [0.29, 0.717) is 34.8 Å². The maximum Gasteiger partial charge on any atom is 0.336 e. The molecule has 6 heteroatoms. The summed E-state index contributed by atoms with van der Waals surface area (Å²) >= 11 is 0. The molecule has 0 amide bonds. The van der Waals surface area contributed by atoms with Crippen LogP contribution < -0.4 is 14.8 Å². The lowest BCUT2D eigenvalue weighted by Crippen LogP contribution is -2.38. The van der Waals surface area contributed by atoms with Gasteiger partial charge in [0, 0.05) is 35.0 Å². The summed E-state index contributed by atoms with van der Waals surface area (Å²) in [5.74, 6) is 0.228. The maximum absolute atomic E-state index is 13.2. The van der Waals surface area contributed by atoms with Crippen molar-refractivity contribution in [1.82, 2.24) is 5.32 Å². The second-order valence-electron chi connectivity index (χ2n) is 8.03. The number of nitrogens with one attached hydrogen (secondary N) is 1. The number of hydrogen-bond acceptors (Lipinski definition) is 6. The molecule has 0 saturated carbocycles. The second kappa shape index (κ2) is 7.34. The highest BCUT2D eigenvalue weighted by Gasteiger charge is 2.43. The minimum Gasteiger partial charge on any atom is -0.497 e. The first kappa shape index (κ1) is 20.0. The van der Waals surface area contributed by atoms with Crippen LogP contribution in [0.1, 0.15) is 45.1 Å². The Bertz CT molecular complexity index is 894. The molecule has 0 spiro atoms. The number of Topliss-reactive ketones (excluding diaryl/α,β-unsaturated/α-hetero) is 1. The van der Waals surface area contributed by atoms with E-state index in [-0.39, 0.29) is 11.2 Å². The van der Waals surface area contributed by atoms with Gasteiger partial charge in [0.25, 0.3) is 0 Å². The van der Waals surface area contributed by atoms with E-state index in [1.54, 1.807) is 20.3 Å². The van der Waals surface area contributed by atoms with Gasteiger partial charge in [0.05, 0.1) is 32.8 Å². The third-order valence-corrected chi connectivity index (χ3v) is 5.40. The number of allylic oxidation sites excluding steroid dienone is 3. The SMILES string of the molecule is COC(=O)C1=C(C)NC2=C(C(=O)CC(C)(C)C2)[C@H]1c1ccc(OC)cc1OC. The highest BCUT2D eigenvalue weighted by atomic mass is 16.5. The van der Waals surface area contributed by atoms with Crippen molar-refractivity contribution in [2.45, 2.75) is 39.5 Å². The standard InChI is InChI=1S/C22H27NO5/c1-12-18(21(25)28-6)19(14-8-7-13(26-4)9-17(14)27-5)20-15(23-12)10-22(2,3)11-16(20)24/h7-9,19,23H,10-11H2,1-6H3/t19-/m0/s1. The van der Waals surface area contributed by atoms with Crippen molar-refractivity contribution in [3.05, 3.63) is 46.3 Å². The summed E-state index contributed by atoms with van der Waals surface area (Å²) in [6.07, 6.45) is 1.16. The van der Waals surface area contributed by atoms with Gasteiger partial charge in [-0.15, -0.1) is 0 Å². The zero-order valence-corrected chi connectivity index (χ0v) is 17.3. The average molecular weight is 385 g/mol. The van der Waals surface area contributed by atoms with Gasteiger partial charge >= 0.3 is 5.97 Å². The third kappa shape index (κ3) is 3.39. The fourth-order valence-corrected chi connectivity index (χ4v) is 4.18. The Hall–Kier alpha value is -2.76. The van der Waals surface area contributed by atoms with Crippen LogP contribution in [-0.4, -0.2) is 33.1 Å². The fraction of sp³-hybridized carbons (Fsp3) is 0.455. The molecule has 1 aliphatic heterocycles. The molecule has 150 valence electrons. The molecule has 28 heavy (non-hydrogen) atoms. The molecular weight excluding hydrogens is 358 g/mol. The number of dihydropyridines is 1. The second-order valence-corrected chi connectivity index (χ2v) is 8.03. The van der Waals surface area contributed by atoms with E-state index >= 15 is 0 Å². The van der Waals surface area contributed by atoms with Crippen LogP contribution in [0.4, 0.5) is 0 Å². The first-order chi connectivity index (χ1) is 13.2. The van der Waals surface area contributed by atoms with E-state index in [4.69, 9.17) is 14.2 Å². The number of hydrogen-bond donors (Lipinski definition) is 1. The topological polar surface area (TPSA) is 73.9 Å². The van der Waals surface area contributed by atoms with Gasteiger partial charge < -0.3 is 19.5 Å². The first-order valence-corrected chi connectivity index (χ1v) is 9.26. The number of carbonyl (C=O) groups excluding carboxylic acids is 2. The average Bonchev–Trinajstić information content (AvgIpc) is 2.64. The summed E-state index contributed by atoms with van der Waals surface area (Å²) in [6.45, 7) is 5.99. The van der Waals surface area contributed by atoms with Crippen LogP contribution in [0, 0.1) is 5.41 Å². The monoisotopic (exact) mass is 385 g/mol. The number of ketones is 1. The Morgan fingerprint density at radius 3 is 2.46 bits per heavy atom. The molecule has 0 unspecified atom stereocenters. The van der Waals surface area contributed by atoms with Crippen molar-refractivity contribution in [2.24, 2.45) is 5.41 Å². The highest BCUT2D eigenvalue weighted by Crippen LogP contribution is 2.48. The Morgan fingerprint density at radius 2 is 1.86 bits per heavy atom. The first-order valence-electron chi connectivity index (χ1n) is 9.26. The Labute approximate surface area is 165 Å². The Morgan fingerprint density at radius 1 is 1.14 bits per heavy atom. The lowest BCUT2D eigenvalue weighted by molar-refractivity contribution is -0.136. The lowest BCUT2D eigenvalue weighted by Gasteiger charge is -2.39. The number of benzene rings is 1. The minimum absolute atomic E-state index is 0.0375. The van der Waals surface area contributed by atoms with Crippen molar-refractivity contribution in [2.75, 3.05) is 21.3 Å². The van der Waals surface area contributed by atoms with Crippen LogP contribution in [0.5, 0.6) is 11.5 Å². The van der Waals surface area contributed by atoms with Crippen LogP contribution in [0.25, 0.3) is 0 Å². The van der Waals surface area contributed by atoms with Crippen LogP contribution >= 0.6 is 0 Å². The van der Waals surface area contributed by atoms with Gasteiger partial charge in [0.2, 0.25) is 0 Å². The van der Waals surface area contributed by atoms with E-state index in [9.17, 15) is 9.59 Å². The molecule has 1 atom stereocenters. The fourth-order valence-electron chi connectivity index (χ4n) is 4.18. The quantitative estimate of drug-likeness (QED) is 0.800. The Kier molecular flexibility index (Phi) is 5.24. The van der Waals surface area contributed by atoms with Crippen molar-refractivity contribution in [1.29, 1.82) is 0 Å². The third-order valence-electron chi connectivity index (χ3n) is 5.40.